The van der Waals surface area contributed by atoms with E-state index in [0.29, 0.717) is 19.4 Å². The van der Waals surface area contributed by atoms with Crippen LogP contribution >= 0.6 is 0 Å². The third-order valence-corrected chi connectivity index (χ3v) is 13.2. The minimum atomic E-state index is -1.08. The van der Waals surface area contributed by atoms with Crippen LogP contribution in [-0.2, 0) is 28.8 Å². The Morgan fingerprint density at radius 1 is 0.851 bits per heavy atom. The van der Waals surface area contributed by atoms with Gasteiger partial charge in [-0.2, -0.15) is 0 Å². The van der Waals surface area contributed by atoms with Gasteiger partial charge in [0.15, 0.2) is 0 Å². The van der Waals surface area contributed by atoms with Gasteiger partial charge in [0.2, 0.25) is 29.4 Å². The second-order valence-electron chi connectivity index (χ2n) is 17.0. The Hall–Kier alpha value is -2.98. The second kappa shape index (κ2) is 12.8. The van der Waals surface area contributed by atoms with Crippen molar-refractivity contribution in [2.45, 2.75) is 149 Å². The molecule has 4 saturated carbocycles. The van der Waals surface area contributed by atoms with E-state index in [1.807, 2.05) is 20.8 Å². The molecule has 2 unspecified atom stereocenters. The maximum Gasteiger partial charge on any atom is 0.287 e. The van der Waals surface area contributed by atoms with E-state index in [1.54, 1.807) is 4.90 Å². The summed E-state index contributed by atoms with van der Waals surface area (Å²) in [6.07, 6.45) is 11.6. The lowest BCUT2D eigenvalue weighted by Gasteiger charge is -2.38. The highest BCUT2D eigenvalue weighted by Gasteiger charge is 2.85. The number of nitrogens with two attached hydrogens (primary N) is 1. The van der Waals surface area contributed by atoms with Gasteiger partial charge < -0.3 is 26.6 Å². The highest BCUT2D eigenvalue weighted by molar-refractivity contribution is 6.37. The van der Waals surface area contributed by atoms with Crippen LogP contribution in [0.2, 0.25) is 0 Å². The summed E-state index contributed by atoms with van der Waals surface area (Å²) in [5.41, 5.74) is 4.38. The Kier molecular flexibility index (Phi) is 9.63. The molecule has 5 atom stereocenters. The van der Waals surface area contributed by atoms with Crippen LogP contribution in [0.5, 0.6) is 0 Å². The quantitative estimate of drug-likeness (QED) is 0.250. The third-order valence-electron chi connectivity index (χ3n) is 13.2. The van der Waals surface area contributed by atoms with Crippen molar-refractivity contribution in [2.24, 2.45) is 39.2 Å². The van der Waals surface area contributed by atoms with Crippen molar-refractivity contribution in [1.29, 1.82) is 0 Å². The number of fused-ring (bicyclic) bond motifs is 1. The molecule has 11 nitrogen and oxygen atoms in total. The number of likely N-dealkylation sites (tertiary alicyclic amines) is 1. The smallest absolute Gasteiger partial charge is 0.287 e. The van der Waals surface area contributed by atoms with E-state index >= 15 is 0 Å². The van der Waals surface area contributed by atoms with Gasteiger partial charge in [-0.05, 0) is 66.6 Å². The molecule has 0 aromatic rings. The highest BCUT2D eigenvalue weighted by atomic mass is 16.2. The average molecular weight is 656 g/mol. The van der Waals surface area contributed by atoms with Crippen LogP contribution < -0.4 is 21.7 Å². The predicted octanol–water partition coefficient (Wildman–Crippen LogP) is 3.13. The van der Waals surface area contributed by atoms with Gasteiger partial charge in [0, 0.05) is 18.9 Å². The van der Waals surface area contributed by atoms with E-state index in [-0.39, 0.29) is 45.8 Å². The Labute approximate surface area is 279 Å². The van der Waals surface area contributed by atoms with Gasteiger partial charge in [0.25, 0.3) is 5.91 Å². The fourth-order valence-corrected chi connectivity index (χ4v) is 9.93. The summed E-state index contributed by atoms with van der Waals surface area (Å²) >= 11 is 0. The Balaban J connectivity index is 1.43. The minimum absolute atomic E-state index is 0.0157. The second-order valence-corrected chi connectivity index (χ2v) is 17.0. The van der Waals surface area contributed by atoms with Crippen LogP contribution in [0.3, 0.4) is 0 Å². The van der Waals surface area contributed by atoms with E-state index in [2.05, 4.69) is 29.8 Å². The summed E-state index contributed by atoms with van der Waals surface area (Å²) in [6, 6.07) is -3.60. The summed E-state index contributed by atoms with van der Waals surface area (Å²) in [5, 5.41) is 8.76. The largest absolute Gasteiger partial charge is 0.363 e. The fraction of sp³-hybridized carbons (Fsp3) is 0.833. The van der Waals surface area contributed by atoms with Gasteiger partial charge in [-0.25, -0.2) is 0 Å². The van der Waals surface area contributed by atoms with Crippen LogP contribution in [-0.4, -0.2) is 70.9 Å². The molecular weight excluding hydrogens is 598 g/mol. The molecule has 0 bridgehead atoms. The molecule has 0 aromatic heterocycles. The molecule has 1 heterocycles. The van der Waals surface area contributed by atoms with Crippen LogP contribution in [0.4, 0.5) is 0 Å². The molecule has 5 N–H and O–H groups in total. The first kappa shape index (κ1) is 35.3. The summed E-state index contributed by atoms with van der Waals surface area (Å²) in [4.78, 5) is 81.6. The number of carbonyl (C=O) groups excluding carboxylic acids is 6. The zero-order valence-corrected chi connectivity index (χ0v) is 29.3. The number of primary amides is 1. The Bertz CT molecular complexity index is 1290. The number of amides is 5. The van der Waals surface area contributed by atoms with Gasteiger partial charge in [-0.15, -0.1) is 0 Å². The van der Waals surface area contributed by atoms with Crippen LogP contribution in [0.25, 0.3) is 0 Å². The van der Waals surface area contributed by atoms with Crippen molar-refractivity contribution in [2.75, 3.05) is 6.54 Å². The molecule has 5 aliphatic rings. The van der Waals surface area contributed by atoms with Crippen molar-refractivity contribution in [1.82, 2.24) is 20.9 Å². The van der Waals surface area contributed by atoms with E-state index < -0.39 is 47.2 Å². The van der Waals surface area contributed by atoms with Gasteiger partial charge in [-0.1, -0.05) is 79.6 Å². The Morgan fingerprint density at radius 2 is 1.49 bits per heavy atom. The average Bonchev–Trinajstić information content (AvgIpc) is 3.17. The number of hydrogen-bond donors (Lipinski definition) is 4. The molecular formula is C36H57N5O6. The lowest BCUT2D eigenvalue weighted by Crippen LogP contribution is -2.62. The van der Waals surface area contributed by atoms with Gasteiger partial charge >= 0.3 is 0 Å². The van der Waals surface area contributed by atoms with Crippen LogP contribution in [0.1, 0.15) is 125 Å². The summed E-state index contributed by atoms with van der Waals surface area (Å²) in [5.74, 6) is -3.16. The number of nitrogens with zero attached hydrogens (tertiary/aromatic N) is 1. The number of rotatable bonds is 11. The highest BCUT2D eigenvalue weighted by Crippen LogP contribution is 2.88. The molecule has 4 aliphatic carbocycles. The summed E-state index contributed by atoms with van der Waals surface area (Å²) in [6.45, 7) is 11.9. The lowest BCUT2D eigenvalue weighted by molar-refractivity contribution is -0.145. The molecule has 2 spiro atoms. The Morgan fingerprint density at radius 3 is 1.96 bits per heavy atom. The molecule has 47 heavy (non-hydrogen) atoms. The standard InChI is InChI=1S/C36H57N5O6/c1-21(42)38-26(23-14-8-7-9-15-23)31(46)40-28(33(2,3)4)32(47)41-20-36(34(5,6)35(36)16-11-17-35)19-25(41)30(45)39-24(27(43)29(37)44)18-22-12-10-13-22/h22-26,28H,7-20H2,1-6H3,(H2,37,44)(H,38,42)(H,39,45)(H,40,46)/t24?,25-,26-,28?,36+/m0/s1. The summed E-state index contributed by atoms with van der Waals surface area (Å²) < 4.78 is 0. The van der Waals surface area contributed by atoms with Crippen molar-refractivity contribution in [3.05, 3.63) is 0 Å². The maximum atomic E-state index is 14.8. The van der Waals surface area contributed by atoms with Gasteiger partial charge in [0.05, 0.1) is 6.04 Å². The summed E-state index contributed by atoms with van der Waals surface area (Å²) in [7, 11) is 0. The number of ketones is 1. The monoisotopic (exact) mass is 655 g/mol. The molecule has 0 radical (unpaired) electrons. The minimum Gasteiger partial charge on any atom is -0.363 e. The van der Waals surface area contributed by atoms with Crippen molar-refractivity contribution in [3.63, 3.8) is 0 Å². The molecule has 1 saturated heterocycles. The molecule has 1 aliphatic heterocycles. The number of Topliss-reactive ketones (excluding diaryl/α,β-unsaturated/α-hetero) is 1. The van der Waals surface area contributed by atoms with Crippen LogP contribution in [0, 0.1) is 33.5 Å². The first-order valence-corrected chi connectivity index (χ1v) is 18.0. The van der Waals surface area contributed by atoms with Crippen molar-refractivity contribution >= 4 is 35.3 Å². The molecule has 11 heteroatoms. The van der Waals surface area contributed by atoms with Gasteiger partial charge in [0.1, 0.15) is 18.1 Å². The SMILES string of the molecule is CC(=O)N[C@H](C(=O)NC(C(=O)N1C[C@]2(C[C@H]1C(=O)NC(CC1CCC1)C(=O)C(N)=O)C(C)(C)C21CCC1)C(C)(C)C)C1CCCCC1. The zero-order chi connectivity index (χ0) is 34.5. The number of nitrogens with one attached hydrogen (secondary N) is 3. The molecule has 5 amide bonds. The number of carbonyl (C=O) groups is 6. The van der Waals surface area contributed by atoms with E-state index in [9.17, 15) is 28.8 Å². The number of hydrogen-bond acceptors (Lipinski definition) is 6. The van der Waals surface area contributed by atoms with E-state index in [4.69, 9.17) is 5.73 Å². The zero-order valence-electron chi connectivity index (χ0n) is 29.3. The van der Waals surface area contributed by atoms with Crippen molar-refractivity contribution in [3.8, 4) is 0 Å². The maximum absolute atomic E-state index is 14.8. The van der Waals surface area contributed by atoms with Gasteiger partial charge in [-0.3, -0.25) is 28.8 Å². The molecule has 5 fully saturated rings. The first-order chi connectivity index (χ1) is 22.0. The van der Waals surface area contributed by atoms with E-state index in [1.165, 1.54) is 6.92 Å². The molecule has 5 rings (SSSR count). The lowest BCUT2D eigenvalue weighted by atomic mass is 9.73. The predicted molar refractivity (Wildman–Crippen MR) is 176 cm³/mol. The molecule has 0 aromatic carbocycles. The first-order valence-electron chi connectivity index (χ1n) is 18.0. The third kappa shape index (κ3) is 6.20. The molecule has 262 valence electrons. The normalized spacial score (nSPS) is 28.4. The fourth-order valence-electron chi connectivity index (χ4n) is 9.93. The van der Waals surface area contributed by atoms with Crippen molar-refractivity contribution < 1.29 is 28.8 Å². The van der Waals surface area contributed by atoms with Crippen LogP contribution in [0.15, 0.2) is 0 Å². The topological polar surface area (TPSA) is 168 Å². The van der Waals surface area contributed by atoms with E-state index in [0.717, 1.165) is 70.6 Å².